The summed E-state index contributed by atoms with van der Waals surface area (Å²) in [4.78, 5) is 12.7. The maximum Gasteiger partial charge on any atom is 0.244 e. The van der Waals surface area contributed by atoms with Gasteiger partial charge in [-0.15, -0.1) is 17.5 Å². The number of aromatic nitrogens is 2. The highest BCUT2D eigenvalue weighted by molar-refractivity contribution is 5.94. The van der Waals surface area contributed by atoms with Gasteiger partial charge < -0.3 is 10.6 Å². The van der Waals surface area contributed by atoms with Crippen molar-refractivity contribution in [3.63, 3.8) is 0 Å². The lowest BCUT2D eigenvalue weighted by Crippen LogP contribution is -2.47. The SMILES string of the molecule is Cc1cc(C)cc(-n2nc(NC(=O)C3NNC4CCNCC43)cc2C)c1.Cl. The predicted octanol–water partition coefficient (Wildman–Crippen LogP) is 1.61. The Labute approximate surface area is 165 Å². The highest BCUT2D eigenvalue weighted by atomic mass is 35.5. The van der Waals surface area contributed by atoms with Gasteiger partial charge in [0.1, 0.15) is 6.04 Å². The van der Waals surface area contributed by atoms with Gasteiger partial charge in [0.05, 0.1) is 5.69 Å². The summed E-state index contributed by atoms with van der Waals surface area (Å²) < 4.78 is 1.88. The van der Waals surface area contributed by atoms with Crippen molar-refractivity contribution in [2.24, 2.45) is 5.92 Å². The maximum absolute atomic E-state index is 12.7. The molecule has 0 radical (unpaired) electrons. The quantitative estimate of drug-likeness (QED) is 0.640. The molecule has 1 amide bonds. The van der Waals surface area contributed by atoms with Crippen molar-refractivity contribution in [2.75, 3.05) is 18.4 Å². The average Bonchev–Trinajstić information content (AvgIpc) is 3.17. The molecule has 2 aliphatic rings. The second-order valence-electron chi connectivity index (χ2n) is 7.45. The van der Waals surface area contributed by atoms with Crippen molar-refractivity contribution in [3.05, 3.63) is 41.1 Å². The van der Waals surface area contributed by atoms with E-state index in [0.717, 1.165) is 30.9 Å². The zero-order chi connectivity index (χ0) is 18.3. The second kappa shape index (κ2) is 7.98. The van der Waals surface area contributed by atoms with Gasteiger partial charge in [-0.2, -0.15) is 0 Å². The number of halogens is 1. The number of nitrogens with zero attached hydrogens (tertiary/aromatic N) is 2. The van der Waals surface area contributed by atoms with Gasteiger partial charge in [-0.05, 0) is 57.0 Å². The first kappa shape index (κ1) is 19.8. The second-order valence-corrected chi connectivity index (χ2v) is 7.45. The van der Waals surface area contributed by atoms with Crippen molar-refractivity contribution >= 4 is 24.1 Å². The summed E-state index contributed by atoms with van der Waals surface area (Å²) in [5, 5.41) is 10.9. The van der Waals surface area contributed by atoms with Crippen LogP contribution in [0.25, 0.3) is 5.69 Å². The van der Waals surface area contributed by atoms with Gasteiger partial charge in [-0.3, -0.25) is 10.2 Å². The van der Waals surface area contributed by atoms with Crippen LogP contribution in [0, 0.1) is 26.7 Å². The standard InChI is InChI=1S/C19H26N6O.ClH/c1-11-6-12(2)8-14(7-11)25-13(3)9-17(24-25)21-19(26)18-15-10-20-5-4-16(15)22-23-18;/h6-9,15-16,18,20,22-23H,4-5,10H2,1-3H3,(H,21,24,26);1H. The molecule has 7 nitrogen and oxygen atoms in total. The minimum Gasteiger partial charge on any atom is -0.316 e. The summed E-state index contributed by atoms with van der Waals surface area (Å²) in [6.07, 6.45) is 1.03. The summed E-state index contributed by atoms with van der Waals surface area (Å²) in [5.41, 5.74) is 10.8. The van der Waals surface area contributed by atoms with E-state index in [4.69, 9.17) is 0 Å². The molecule has 2 aliphatic heterocycles. The minimum absolute atomic E-state index is 0. The monoisotopic (exact) mass is 390 g/mol. The number of rotatable bonds is 3. The number of fused-ring (bicyclic) bond motifs is 1. The van der Waals surface area contributed by atoms with Crippen LogP contribution in [-0.4, -0.2) is 40.9 Å². The zero-order valence-corrected chi connectivity index (χ0v) is 16.7. The van der Waals surface area contributed by atoms with Gasteiger partial charge in [0.25, 0.3) is 0 Å². The maximum atomic E-state index is 12.7. The molecule has 1 aromatic carbocycles. The van der Waals surface area contributed by atoms with Crippen LogP contribution in [0.3, 0.4) is 0 Å². The number of nitrogens with one attached hydrogen (secondary N) is 4. The summed E-state index contributed by atoms with van der Waals surface area (Å²) in [5.74, 6) is 0.797. The molecule has 0 saturated carbocycles. The minimum atomic E-state index is -0.250. The van der Waals surface area contributed by atoms with Crippen LogP contribution in [0.4, 0.5) is 5.82 Å². The zero-order valence-electron chi connectivity index (χ0n) is 15.9. The molecule has 146 valence electrons. The van der Waals surface area contributed by atoms with Gasteiger partial charge in [-0.1, -0.05) is 6.07 Å². The highest BCUT2D eigenvalue weighted by Crippen LogP contribution is 2.22. The van der Waals surface area contributed by atoms with Crippen LogP contribution in [0.15, 0.2) is 24.3 Å². The first-order valence-corrected chi connectivity index (χ1v) is 9.19. The Morgan fingerprint density at radius 1 is 1.15 bits per heavy atom. The molecule has 2 saturated heterocycles. The van der Waals surface area contributed by atoms with Crippen molar-refractivity contribution in [2.45, 2.75) is 39.3 Å². The number of hydrazine groups is 1. The number of aryl methyl sites for hydroxylation is 3. The Kier molecular flexibility index (Phi) is 5.86. The fourth-order valence-electron chi connectivity index (χ4n) is 4.05. The van der Waals surface area contributed by atoms with E-state index in [9.17, 15) is 4.79 Å². The smallest absolute Gasteiger partial charge is 0.244 e. The molecule has 4 rings (SSSR count). The molecule has 1 aromatic heterocycles. The lowest BCUT2D eigenvalue weighted by Gasteiger charge is -2.27. The first-order chi connectivity index (χ1) is 12.5. The van der Waals surface area contributed by atoms with E-state index in [1.54, 1.807) is 0 Å². The number of anilines is 1. The summed E-state index contributed by atoms with van der Waals surface area (Å²) in [7, 11) is 0. The molecule has 4 N–H and O–H groups in total. The molecule has 27 heavy (non-hydrogen) atoms. The molecule has 0 spiro atoms. The fraction of sp³-hybridized carbons (Fsp3) is 0.474. The number of hydrogen-bond donors (Lipinski definition) is 4. The van der Waals surface area contributed by atoms with Crippen molar-refractivity contribution in [3.8, 4) is 5.69 Å². The van der Waals surface area contributed by atoms with Crippen molar-refractivity contribution in [1.29, 1.82) is 0 Å². The van der Waals surface area contributed by atoms with Crippen LogP contribution < -0.4 is 21.5 Å². The van der Waals surface area contributed by atoms with Gasteiger partial charge in [0.15, 0.2) is 5.82 Å². The van der Waals surface area contributed by atoms with Gasteiger partial charge in [0.2, 0.25) is 5.91 Å². The van der Waals surface area contributed by atoms with Crippen molar-refractivity contribution < 1.29 is 4.79 Å². The number of amides is 1. The van der Waals surface area contributed by atoms with Crippen LogP contribution >= 0.6 is 12.4 Å². The Morgan fingerprint density at radius 2 is 1.89 bits per heavy atom. The van der Waals surface area contributed by atoms with Crippen LogP contribution in [0.5, 0.6) is 0 Å². The molecule has 8 heteroatoms. The first-order valence-electron chi connectivity index (χ1n) is 9.19. The van der Waals surface area contributed by atoms with Gasteiger partial charge in [-0.25, -0.2) is 10.1 Å². The summed E-state index contributed by atoms with van der Waals surface area (Å²) in [6.45, 7) is 7.98. The van der Waals surface area contributed by atoms with Crippen LogP contribution in [0.1, 0.15) is 23.2 Å². The van der Waals surface area contributed by atoms with E-state index in [1.165, 1.54) is 11.1 Å². The lowest BCUT2D eigenvalue weighted by molar-refractivity contribution is -0.118. The molecule has 3 atom stereocenters. The molecule has 2 fully saturated rings. The fourth-order valence-corrected chi connectivity index (χ4v) is 4.05. The number of carbonyl (C=O) groups excluding carboxylic acids is 1. The predicted molar refractivity (Wildman–Crippen MR) is 108 cm³/mol. The average molecular weight is 391 g/mol. The third-order valence-electron chi connectivity index (χ3n) is 5.25. The lowest BCUT2D eigenvalue weighted by atomic mass is 9.89. The van der Waals surface area contributed by atoms with Crippen LogP contribution in [0.2, 0.25) is 0 Å². The number of hydrogen-bond acceptors (Lipinski definition) is 5. The van der Waals surface area contributed by atoms with Crippen LogP contribution in [-0.2, 0) is 4.79 Å². The molecule has 3 unspecified atom stereocenters. The van der Waals surface area contributed by atoms with Crippen molar-refractivity contribution in [1.82, 2.24) is 25.9 Å². The molecular weight excluding hydrogens is 364 g/mol. The van der Waals surface area contributed by atoms with E-state index in [0.29, 0.717) is 11.9 Å². The Hall–Kier alpha value is -1.93. The number of benzene rings is 1. The Bertz CT molecular complexity index is 815. The van der Waals surface area contributed by atoms with Gasteiger partial charge >= 0.3 is 0 Å². The van der Waals surface area contributed by atoms with Gasteiger partial charge in [0, 0.05) is 30.3 Å². The topological polar surface area (TPSA) is 83.0 Å². The largest absolute Gasteiger partial charge is 0.316 e. The third kappa shape index (κ3) is 4.01. The highest BCUT2D eigenvalue weighted by Gasteiger charge is 2.41. The normalized spacial score (nSPS) is 24.2. The number of carbonyl (C=O) groups is 1. The van der Waals surface area contributed by atoms with E-state index in [2.05, 4.69) is 58.6 Å². The van der Waals surface area contributed by atoms with E-state index in [-0.39, 0.29) is 30.3 Å². The molecule has 0 aliphatic carbocycles. The molecule has 2 aromatic rings. The van der Waals surface area contributed by atoms with E-state index >= 15 is 0 Å². The Morgan fingerprint density at radius 3 is 2.63 bits per heavy atom. The molecular formula is C19H27ClN6O. The molecule has 3 heterocycles. The Balaban J connectivity index is 0.00000210. The number of piperidine rings is 1. The summed E-state index contributed by atoms with van der Waals surface area (Å²) in [6, 6.07) is 8.34. The van der Waals surface area contributed by atoms with E-state index in [1.807, 2.05) is 17.7 Å². The van der Waals surface area contributed by atoms with E-state index < -0.39 is 0 Å². The third-order valence-corrected chi connectivity index (χ3v) is 5.25. The summed E-state index contributed by atoms with van der Waals surface area (Å²) >= 11 is 0. The molecule has 0 bridgehead atoms.